The topological polar surface area (TPSA) is 80.5 Å². The van der Waals surface area contributed by atoms with Crippen LogP contribution in [0.15, 0.2) is 23.1 Å². The highest BCUT2D eigenvalue weighted by atomic mass is 32.2. The molecule has 2 N–H and O–H groups in total. The van der Waals surface area contributed by atoms with Crippen LogP contribution >= 0.6 is 0 Å². The van der Waals surface area contributed by atoms with Crippen LogP contribution in [0, 0.1) is 12.7 Å². The van der Waals surface area contributed by atoms with E-state index in [-0.39, 0.29) is 17.5 Å². The third kappa shape index (κ3) is 3.41. The number of amides is 1. The molecule has 1 aromatic carbocycles. The second-order valence-electron chi connectivity index (χ2n) is 5.37. The third-order valence-corrected chi connectivity index (χ3v) is 5.69. The molecule has 0 spiro atoms. The van der Waals surface area contributed by atoms with E-state index in [4.69, 9.17) is 5.73 Å². The van der Waals surface area contributed by atoms with Crippen molar-refractivity contribution in [2.24, 2.45) is 5.73 Å². The molecule has 0 saturated heterocycles. The van der Waals surface area contributed by atoms with Crippen LogP contribution in [0.4, 0.5) is 4.39 Å². The Bertz CT molecular complexity index is 640. The molecule has 0 radical (unpaired) electrons. The summed E-state index contributed by atoms with van der Waals surface area (Å²) >= 11 is 0. The first-order valence-corrected chi connectivity index (χ1v) is 8.32. The Morgan fingerprint density at radius 1 is 1.38 bits per heavy atom. The normalized spacial score (nSPS) is 16.5. The van der Waals surface area contributed by atoms with E-state index >= 15 is 0 Å². The summed E-state index contributed by atoms with van der Waals surface area (Å²) < 4.78 is 40.1. The van der Waals surface area contributed by atoms with Crippen molar-refractivity contribution in [3.63, 3.8) is 0 Å². The molecule has 116 valence electrons. The number of nitrogens with two attached hydrogens (primary N) is 1. The number of nitrogens with zero attached hydrogens (tertiary/aromatic N) is 1. The van der Waals surface area contributed by atoms with Gasteiger partial charge in [-0.15, -0.1) is 0 Å². The number of sulfonamides is 1. The molecule has 1 aliphatic carbocycles. The lowest BCUT2D eigenvalue weighted by Gasteiger charge is -2.26. The molecular weight excluding hydrogens is 295 g/mol. The number of hydrogen-bond acceptors (Lipinski definition) is 3. The fourth-order valence-corrected chi connectivity index (χ4v) is 4.29. The van der Waals surface area contributed by atoms with Gasteiger partial charge < -0.3 is 5.73 Å². The Morgan fingerprint density at radius 3 is 2.52 bits per heavy atom. The molecule has 0 bridgehead atoms. The van der Waals surface area contributed by atoms with Crippen LogP contribution in [0.2, 0.25) is 0 Å². The van der Waals surface area contributed by atoms with E-state index in [1.165, 1.54) is 12.1 Å². The lowest BCUT2D eigenvalue weighted by atomic mass is 10.2. The number of halogens is 1. The van der Waals surface area contributed by atoms with Crippen LogP contribution in [-0.2, 0) is 14.8 Å². The lowest BCUT2D eigenvalue weighted by Crippen LogP contribution is -2.44. The van der Waals surface area contributed by atoms with Crippen molar-refractivity contribution in [1.82, 2.24) is 4.31 Å². The van der Waals surface area contributed by atoms with Crippen molar-refractivity contribution in [3.8, 4) is 0 Å². The maximum atomic E-state index is 13.6. The lowest BCUT2D eigenvalue weighted by molar-refractivity contribution is -0.118. The predicted octanol–water partition coefficient (Wildman–Crippen LogP) is 1.55. The van der Waals surface area contributed by atoms with Crippen LogP contribution in [0.25, 0.3) is 0 Å². The molecule has 0 unspecified atom stereocenters. The van der Waals surface area contributed by atoms with Gasteiger partial charge in [0, 0.05) is 6.04 Å². The van der Waals surface area contributed by atoms with Gasteiger partial charge in [-0.3, -0.25) is 4.79 Å². The van der Waals surface area contributed by atoms with Gasteiger partial charge in [-0.1, -0.05) is 18.9 Å². The average molecular weight is 314 g/mol. The minimum atomic E-state index is -3.93. The monoisotopic (exact) mass is 314 g/mol. The molecule has 7 heteroatoms. The van der Waals surface area contributed by atoms with Gasteiger partial charge in [0.2, 0.25) is 15.9 Å². The van der Waals surface area contributed by atoms with Crippen LogP contribution in [-0.4, -0.2) is 31.2 Å². The van der Waals surface area contributed by atoms with Gasteiger partial charge in [0.25, 0.3) is 0 Å². The summed E-state index contributed by atoms with van der Waals surface area (Å²) in [7, 11) is -3.93. The maximum Gasteiger partial charge on any atom is 0.243 e. The molecule has 2 rings (SSSR count). The van der Waals surface area contributed by atoms with Crippen LogP contribution < -0.4 is 5.73 Å². The van der Waals surface area contributed by atoms with E-state index in [2.05, 4.69) is 0 Å². The van der Waals surface area contributed by atoms with Crippen LogP contribution in [0.1, 0.15) is 31.2 Å². The van der Waals surface area contributed by atoms with Crippen LogP contribution in [0.3, 0.4) is 0 Å². The van der Waals surface area contributed by atoms with E-state index in [1.54, 1.807) is 6.92 Å². The Hall–Kier alpha value is -1.47. The minimum Gasteiger partial charge on any atom is -0.369 e. The molecule has 1 aromatic rings. The van der Waals surface area contributed by atoms with Gasteiger partial charge in [0.05, 0.1) is 11.4 Å². The Balaban J connectivity index is 2.40. The summed E-state index contributed by atoms with van der Waals surface area (Å²) in [6.07, 6.45) is 3.22. The maximum absolute atomic E-state index is 13.6. The molecule has 0 heterocycles. The number of aryl methyl sites for hydroxylation is 1. The zero-order valence-electron chi connectivity index (χ0n) is 11.9. The second-order valence-corrected chi connectivity index (χ2v) is 7.26. The van der Waals surface area contributed by atoms with E-state index in [0.717, 1.165) is 23.2 Å². The summed E-state index contributed by atoms with van der Waals surface area (Å²) in [4.78, 5) is 11.1. The molecule has 0 atom stereocenters. The number of rotatable bonds is 5. The Kier molecular flexibility index (Phi) is 4.63. The first-order valence-electron chi connectivity index (χ1n) is 6.88. The fourth-order valence-electron chi connectivity index (χ4n) is 2.63. The van der Waals surface area contributed by atoms with E-state index in [0.29, 0.717) is 18.4 Å². The van der Waals surface area contributed by atoms with Gasteiger partial charge in [0.1, 0.15) is 5.82 Å². The molecule has 1 aliphatic rings. The zero-order valence-corrected chi connectivity index (χ0v) is 12.7. The summed E-state index contributed by atoms with van der Waals surface area (Å²) in [5, 5.41) is 0. The standard InChI is InChI=1S/C14H19FN2O3S/c1-10-6-7-12(8-13(10)15)21(19,20)17(9-14(16)18)11-4-2-3-5-11/h6-8,11H,2-5,9H2,1H3,(H2,16,18). The first kappa shape index (κ1) is 15.9. The number of carbonyl (C=O) groups excluding carboxylic acids is 1. The molecular formula is C14H19FN2O3S. The van der Waals surface area contributed by atoms with Gasteiger partial charge in [-0.05, 0) is 37.5 Å². The zero-order chi connectivity index (χ0) is 15.6. The molecule has 1 fully saturated rings. The first-order chi connectivity index (χ1) is 9.82. The summed E-state index contributed by atoms with van der Waals surface area (Å²) in [5.41, 5.74) is 5.54. The third-order valence-electron chi connectivity index (χ3n) is 3.79. The van der Waals surface area contributed by atoms with Crippen molar-refractivity contribution in [2.75, 3.05) is 6.54 Å². The Labute approximate surface area is 124 Å². The summed E-state index contributed by atoms with van der Waals surface area (Å²) in [5.74, 6) is -1.29. The highest BCUT2D eigenvalue weighted by Gasteiger charge is 2.34. The number of benzene rings is 1. The number of carbonyl (C=O) groups is 1. The van der Waals surface area contributed by atoms with Gasteiger partial charge >= 0.3 is 0 Å². The van der Waals surface area contributed by atoms with Crippen molar-refractivity contribution < 1.29 is 17.6 Å². The fraction of sp³-hybridized carbons (Fsp3) is 0.500. The highest BCUT2D eigenvalue weighted by Crippen LogP contribution is 2.29. The molecule has 5 nitrogen and oxygen atoms in total. The van der Waals surface area contributed by atoms with E-state index in [1.807, 2.05) is 0 Å². The second kappa shape index (κ2) is 6.11. The smallest absolute Gasteiger partial charge is 0.243 e. The van der Waals surface area contributed by atoms with Crippen molar-refractivity contribution in [2.45, 2.75) is 43.5 Å². The predicted molar refractivity (Wildman–Crippen MR) is 76.5 cm³/mol. The molecule has 0 aromatic heterocycles. The van der Waals surface area contributed by atoms with Gasteiger partial charge in [-0.2, -0.15) is 4.31 Å². The molecule has 21 heavy (non-hydrogen) atoms. The quantitative estimate of drug-likeness (QED) is 0.895. The van der Waals surface area contributed by atoms with Crippen molar-refractivity contribution in [1.29, 1.82) is 0 Å². The summed E-state index contributed by atoms with van der Waals surface area (Å²) in [6.45, 7) is 1.19. The van der Waals surface area contributed by atoms with E-state index in [9.17, 15) is 17.6 Å². The highest BCUT2D eigenvalue weighted by molar-refractivity contribution is 7.89. The molecule has 0 aliphatic heterocycles. The Morgan fingerprint density at radius 2 is 2.00 bits per heavy atom. The van der Waals surface area contributed by atoms with Gasteiger partial charge in [0.15, 0.2) is 0 Å². The molecule has 1 saturated carbocycles. The summed E-state index contributed by atoms with van der Waals surface area (Å²) in [6, 6.07) is 3.52. The minimum absolute atomic E-state index is 0.140. The van der Waals surface area contributed by atoms with Gasteiger partial charge in [-0.25, -0.2) is 12.8 Å². The van der Waals surface area contributed by atoms with Crippen molar-refractivity contribution in [3.05, 3.63) is 29.6 Å². The van der Waals surface area contributed by atoms with Crippen molar-refractivity contribution >= 4 is 15.9 Å². The SMILES string of the molecule is Cc1ccc(S(=O)(=O)N(CC(N)=O)C2CCCC2)cc1F. The average Bonchev–Trinajstić information content (AvgIpc) is 2.92. The largest absolute Gasteiger partial charge is 0.369 e. The van der Waals surface area contributed by atoms with Crippen LogP contribution in [0.5, 0.6) is 0 Å². The van der Waals surface area contributed by atoms with E-state index < -0.39 is 21.7 Å². The molecule has 1 amide bonds. The number of primary amides is 1. The number of hydrogen-bond donors (Lipinski definition) is 1.